The average molecular weight is 440 g/mol. The van der Waals surface area contributed by atoms with Gasteiger partial charge in [-0.1, -0.05) is 30.3 Å². The fraction of sp³-hybridized carbons (Fsp3) is 0.250. The molecule has 168 valence electrons. The molecule has 2 heterocycles. The van der Waals surface area contributed by atoms with Crippen LogP contribution in [-0.2, 0) is 6.54 Å². The fourth-order valence-corrected chi connectivity index (χ4v) is 4.38. The number of ether oxygens (including phenoxy) is 1. The summed E-state index contributed by atoms with van der Waals surface area (Å²) < 4.78 is 7.95. The minimum atomic E-state index is 0.00215. The first-order valence-electron chi connectivity index (χ1n) is 11.6. The molecule has 0 unspecified atom stereocenters. The minimum absolute atomic E-state index is 0.00215. The van der Waals surface area contributed by atoms with E-state index in [0.29, 0.717) is 6.54 Å². The molecule has 4 aromatic rings. The van der Waals surface area contributed by atoms with E-state index >= 15 is 0 Å². The highest BCUT2D eigenvalue weighted by atomic mass is 16.5. The molecule has 1 fully saturated rings. The van der Waals surface area contributed by atoms with E-state index in [1.807, 2.05) is 53.1 Å². The van der Waals surface area contributed by atoms with E-state index in [2.05, 4.69) is 41.8 Å². The lowest BCUT2D eigenvalue weighted by atomic mass is 10.1. The van der Waals surface area contributed by atoms with Crippen LogP contribution < -0.4 is 20.9 Å². The molecule has 1 aliphatic rings. The standard InChI is InChI=1S/C28H29N3O2/c1-20-4-2-3-5-22(20)19-31-27-18-24(8-6-21(27)7-13-28(31)32)30-23-9-11-25(12-10-23)33-26-14-16-29-17-15-26/h2-13,18,26,29-30H,14-17,19H2,1H3. The van der Waals surface area contributed by atoms with Crippen LogP contribution >= 0.6 is 0 Å². The van der Waals surface area contributed by atoms with Crippen molar-refractivity contribution in [3.05, 3.63) is 100 Å². The quantitative estimate of drug-likeness (QED) is 0.432. The third kappa shape index (κ3) is 4.94. The summed E-state index contributed by atoms with van der Waals surface area (Å²) in [6, 6.07) is 26.0. The highest BCUT2D eigenvalue weighted by Gasteiger charge is 2.14. The SMILES string of the molecule is Cc1ccccc1Cn1c(=O)ccc2ccc(Nc3ccc(OC4CCNCC4)cc3)cc21. The summed E-state index contributed by atoms with van der Waals surface area (Å²) in [5, 5.41) is 7.87. The molecule has 5 heteroatoms. The van der Waals surface area contributed by atoms with Gasteiger partial charge in [-0.3, -0.25) is 4.79 Å². The van der Waals surface area contributed by atoms with Gasteiger partial charge in [0.15, 0.2) is 0 Å². The minimum Gasteiger partial charge on any atom is -0.490 e. The topological polar surface area (TPSA) is 55.3 Å². The van der Waals surface area contributed by atoms with Gasteiger partial charge in [0, 0.05) is 17.4 Å². The Morgan fingerprint density at radius 2 is 1.67 bits per heavy atom. The first-order valence-corrected chi connectivity index (χ1v) is 11.6. The zero-order valence-electron chi connectivity index (χ0n) is 18.9. The van der Waals surface area contributed by atoms with Gasteiger partial charge in [-0.15, -0.1) is 0 Å². The molecule has 0 bridgehead atoms. The predicted molar refractivity (Wildman–Crippen MR) is 135 cm³/mol. The Morgan fingerprint density at radius 1 is 0.939 bits per heavy atom. The van der Waals surface area contributed by atoms with Crippen LogP contribution in [0.2, 0.25) is 0 Å². The second-order valence-corrected chi connectivity index (χ2v) is 8.67. The summed E-state index contributed by atoms with van der Waals surface area (Å²) in [5.74, 6) is 0.901. The number of pyridine rings is 1. The van der Waals surface area contributed by atoms with Gasteiger partial charge in [0.25, 0.3) is 5.56 Å². The normalized spacial score (nSPS) is 14.3. The smallest absolute Gasteiger partial charge is 0.251 e. The van der Waals surface area contributed by atoms with Crippen LogP contribution in [-0.4, -0.2) is 23.8 Å². The van der Waals surface area contributed by atoms with Crippen LogP contribution in [0, 0.1) is 6.92 Å². The third-order valence-electron chi connectivity index (χ3n) is 6.31. The average Bonchev–Trinajstić information content (AvgIpc) is 2.84. The van der Waals surface area contributed by atoms with Gasteiger partial charge in [0.05, 0.1) is 12.1 Å². The highest BCUT2D eigenvalue weighted by Crippen LogP contribution is 2.25. The van der Waals surface area contributed by atoms with Crippen LogP contribution in [0.1, 0.15) is 24.0 Å². The van der Waals surface area contributed by atoms with Gasteiger partial charge < -0.3 is 19.9 Å². The Labute approximate surface area is 194 Å². The fourth-order valence-electron chi connectivity index (χ4n) is 4.38. The van der Waals surface area contributed by atoms with E-state index in [-0.39, 0.29) is 11.7 Å². The van der Waals surface area contributed by atoms with Gasteiger partial charge in [-0.05, 0) is 91.8 Å². The van der Waals surface area contributed by atoms with Crippen molar-refractivity contribution in [2.45, 2.75) is 32.4 Å². The number of nitrogens with zero attached hydrogens (tertiary/aromatic N) is 1. The molecule has 0 spiro atoms. The van der Waals surface area contributed by atoms with Crippen molar-refractivity contribution in [3.8, 4) is 5.75 Å². The third-order valence-corrected chi connectivity index (χ3v) is 6.31. The monoisotopic (exact) mass is 439 g/mol. The predicted octanol–water partition coefficient (Wildman–Crippen LogP) is 5.23. The first kappa shape index (κ1) is 21.3. The Bertz CT molecular complexity index is 1310. The second-order valence-electron chi connectivity index (χ2n) is 8.67. The summed E-state index contributed by atoms with van der Waals surface area (Å²) in [6.45, 7) is 4.66. The van der Waals surface area contributed by atoms with Crippen LogP contribution in [0.3, 0.4) is 0 Å². The Kier molecular flexibility index (Phi) is 6.13. The van der Waals surface area contributed by atoms with Crippen molar-refractivity contribution >= 4 is 22.3 Å². The summed E-state index contributed by atoms with van der Waals surface area (Å²) in [7, 11) is 0. The number of hydrogen-bond acceptors (Lipinski definition) is 4. The summed E-state index contributed by atoms with van der Waals surface area (Å²) in [5.41, 5.74) is 5.18. The number of piperidine rings is 1. The molecule has 1 aromatic heterocycles. The molecule has 1 aliphatic heterocycles. The van der Waals surface area contributed by atoms with E-state index < -0.39 is 0 Å². The van der Waals surface area contributed by atoms with Crippen LogP contribution in [0.15, 0.2) is 83.7 Å². The lowest BCUT2D eigenvalue weighted by molar-refractivity contribution is 0.162. The molecule has 2 N–H and O–H groups in total. The number of aryl methyl sites for hydroxylation is 1. The second kappa shape index (κ2) is 9.51. The zero-order valence-corrected chi connectivity index (χ0v) is 18.9. The van der Waals surface area contributed by atoms with Crippen molar-refractivity contribution in [1.29, 1.82) is 0 Å². The number of nitrogens with one attached hydrogen (secondary N) is 2. The molecular weight excluding hydrogens is 410 g/mol. The number of anilines is 2. The molecule has 5 nitrogen and oxygen atoms in total. The number of fused-ring (bicyclic) bond motifs is 1. The Hall–Kier alpha value is -3.57. The maximum atomic E-state index is 12.7. The largest absolute Gasteiger partial charge is 0.490 e. The molecular formula is C28H29N3O2. The molecule has 0 atom stereocenters. The van der Waals surface area contributed by atoms with E-state index in [0.717, 1.165) is 59.5 Å². The van der Waals surface area contributed by atoms with Crippen molar-refractivity contribution < 1.29 is 4.74 Å². The van der Waals surface area contributed by atoms with Crippen molar-refractivity contribution in [2.24, 2.45) is 0 Å². The Balaban J connectivity index is 1.37. The maximum absolute atomic E-state index is 12.7. The van der Waals surface area contributed by atoms with Crippen molar-refractivity contribution in [3.63, 3.8) is 0 Å². The van der Waals surface area contributed by atoms with E-state index in [9.17, 15) is 4.79 Å². The summed E-state index contributed by atoms with van der Waals surface area (Å²) in [4.78, 5) is 12.7. The molecule has 0 radical (unpaired) electrons. The lowest BCUT2D eigenvalue weighted by Gasteiger charge is -2.23. The number of aromatic nitrogens is 1. The van der Waals surface area contributed by atoms with E-state index in [1.165, 1.54) is 5.56 Å². The molecule has 0 aliphatic carbocycles. The summed E-state index contributed by atoms with van der Waals surface area (Å²) >= 11 is 0. The highest BCUT2D eigenvalue weighted by molar-refractivity contribution is 5.83. The molecule has 5 rings (SSSR count). The van der Waals surface area contributed by atoms with E-state index in [4.69, 9.17) is 4.74 Å². The van der Waals surface area contributed by atoms with Gasteiger partial charge in [0.1, 0.15) is 11.9 Å². The molecule has 0 amide bonds. The molecule has 33 heavy (non-hydrogen) atoms. The number of hydrogen-bond donors (Lipinski definition) is 2. The maximum Gasteiger partial charge on any atom is 0.251 e. The molecule has 3 aromatic carbocycles. The van der Waals surface area contributed by atoms with Gasteiger partial charge in [-0.25, -0.2) is 0 Å². The van der Waals surface area contributed by atoms with Crippen LogP contribution in [0.4, 0.5) is 11.4 Å². The molecule has 1 saturated heterocycles. The van der Waals surface area contributed by atoms with Crippen molar-refractivity contribution in [2.75, 3.05) is 18.4 Å². The van der Waals surface area contributed by atoms with Gasteiger partial charge >= 0.3 is 0 Å². The number of rotatable bonds is 6. The molecule has 0 saturated carbocycles. The van der Waals surface area contributed by atoms with Gasteiger partial charge in [0.2, 0.25) is 0 Å². The summed E-state index contributed by atoms with van der Waals surface area (Å²) in [6.07, 6.45) is 2.37. The lowest BCUT2D eigenvalue weighted by Crippen LogP contribution is -2.34. The van der Waals surface area contributed by atoms with Crippen molar-refractivity contribution in [1.82, 2.24) is 9.88 Å². The Morgan fingerprint density at radius 3 is 2.45 bits per heavy atom. The van der Waals surface area contributed by atoms with Crippen LogP contribution in [0.25, 0.3) is 10.9 Å². The number of benzene rings is 3. The van der Waals surface area contributed by atoms with Crippen LogP contribution in [0.5, 0.6) is 5.75 Å². The van der Waals surface area contributed by atoms with Gasteiger partial charge in [-0.2, -0.15) is 0 Å². The zero-order chi connectivity index (χ0) is 22.6. The van der Waals surface area contributed by atoms with E-state index in [1.54, 1.807) is 6.07 Å². The first-order chi connectivity index (χ1) is 16.2.